The van der Waals surface area contributed by atoms with E-state index in [0.717, 1.165) is 211 Å². The van der Waals surface area contributed by atoms with Gasteiger partial charge in [0, 0.05) is 71.3 Å². The third-order valence-corrected chi connectivity index (χ3v) is 21.9. The van der Waals surface area contributed by atoms with Crippen LogP contribution in [0.2, 0.25) is 0 Å². The molecule has 0 saturated heterocycles. The van der Waals surface area contributed by atoms with E-state index in [1.54, 1.807) is 0 Å². The Morgan fingerprint density at radius 2 is 0.385 bits per heavy atom. The molecule has 23 rings (SSSR count). The van der Waals surface area contributed by atoms with Crippen LogP contribution in [0.25, 0.3) is 222 Å². The number of fused-ring (bicyclic) bond motifs is 12. The lowest BCUT2D eigenvalue weighted by Gasteiger charge is -2.13. The number of para-hydroxylation sites is 4. The molecule has 6 aromatic heterocycles. The Bertz CT molecular complexity index is 7600. The summed E-state index contributed by atoms with van der Waals surface area (Å²) in [5.41, 5.74) is 33.7. The molecule has 0 aliphatic rings. The van der Waals surface area contributed by atoms with Crippen LogP contribution in [0.15, 0.2) is 426 Å². The predicted octanol–water partition coefficient (Wildman–Crippen LogP) is 28.9. The summed E-state index contributed by atoms with van der Waals surface area (Å²) in [4.78, 5) is 30.8. The Kier molecular flexibility index (Phi) is 17.7. The van der Waals surface area contributed by atoms with E-state index in [1.807, 2.05) is 158 Å². The van der Waals surface area contributed by atoms with E-state index in [2.05, 4.69) is 255 Å². The highest BCUT2D eigenvalue weighted by Crippen LogP contribution is 2.42. The lowest BCUT2D eigenvalue weighted by atomic mass is 9.97. The summed E-state index contributed by atoms with van der Waals surface area (Å²) in [5, 5.41) is 6.80. The average Bonchev–Trinajstić information content (AvgIpc) is 0.878. The number of hydrogen-bond acceptors (Lipinski definition) is 9. The zero-order valence-electron chi connectivity index (χ0n) is 63.2. The summed E-state index contributed by atoms with van der Waals surface area (Å²) in [5.74, 6) is 0. The summed E-state index contributed by atoms with van der Waals surface area (Å²) in [6.45, 7) is 0. The minimum absolute atomic E-state index is 0.873. The van der Waals surface area contributed by atoms with Crippen molar-refractivity contribution in [1.82, 2.24) is 29.9 Å². The van der Waals surface area contributed by atoms with Crippen molar-refractivity contribution in [3.8, 4) is 123 Å². The number of furan rings is 3. The second-order valence-electron chi connectivity index (χ2n) is 29.1. The molecule has 0 bridgehead atoms. The van der Waals surface area contributed by atoms with E-state index < -0.39 is 0 Å². The molecule has 0 saturated carbocycles. The van der Waals surface area contributed by atoms with Crippen LogP contribution < -0.4 is 0 Å². The fourth-order valence-electron chi connectivity index (χ4n) is 16.0. The van der Waals surface area contributed by atoms with Gasteiger partial charge in [0.15, 0.2) is 0 Å². The number of aromatic nitrogens is 6. The van der Waals surface area contributed by atoms with Gasteiger partial charge in [0.05, 0.1) is 67.3 Å². The van der Waals surface area contributed by atoms with E-state index in [0.29, 0.717) is 0 Å². The molecule has 0 unspecified atom stereocenters. The summed E-state index contributed by atoms with van der Waals surface area (Å²) < 4.78 is 18.1. The van der Waals surface area contributed by atoms with Gasteiger partial charge in [0.25, 0.3) is 0 Å². The molecule has 6 heterocycles. The van der Waals surface area contributed by atoms with Gasteiger partial charge in [-0.15, -0.1) is 0 Å². The van der Waals surface area contributed by atoms with Crippen molar-refractivity contribution in [2.24, 2.45) is 0 Å². The molecule has 0 spiro atoms. The van der Waals surface area contributed by atoms with Crippen LogP contribution in [0.4, 0.5) is 0 Å². The second-order valence-corrected chi connectivity index (χ2v) is 29.1. The second kappa shape index (κ2) is 30.0. The Labute approximate surface area is 673 Å². The summed E-state index contributed by atoms with van der Waals surface area (Å²) in [6.07, 6.45) is 0. The van der Waals surface area contributed by atoms with Gasteiger partial charge in [-0.2, -0.15) is 0 Å². The van der Waals surface area contributed by atoms with Gasteiger partial charge >= 0.3 is 0 Å². The van der Waals surface area contributed by atoms with Crippen LogP contribution in [-0.4, -0.2) is 29.9 Å². The lowest BCUT2D eigenvalue weighted by Crippen LogP contribution is -1.97. The molecular weight excluding hydrogens is 1430 g/mol. The van der Waals surface area contributed by atoms with Gasteiger partial charge in [-0.3, -0.25) is 0 Å². The molecule has 0 amide bonds. The Balaban J connectivity index is 0.000000110. The van der Waals surface area contributed by atoms with Crippen LogP contribution in [-0.2, 0) is 0 Å². The highest BCUT2D eigenvalue weighted by molar-refractivity contribution is 6.09. The monoisotopic (exact) mass is 1500 g/mol. The zero-order valence-corrected chi connectivity index (χ0v) is 63.2. The molecule has 0 aliphatic carbocycles. The molecule has 548 valence electrons. The maximum atomic E-state index is 6.03. The fraction of sp³-hybridized carbons (Fsp3) is 0. The van der Waals surface area contributed by atoms with Crippen molar-refractivity contribution in [2.75, 3.05) is 0 Å². The van der Waals surface area contributed by atoms with E-state index in [9.17, 15) is 0 Å². The van der Waals surface area contributed by atoms with Gasteiger partial charge in [0.2, 0.25) is 0 Å². The first-order valence-electron chi connectivity index (χ1n) is 39.2. The van der Waals surface area contributed by atoms with Crippen molar-refractivity contribution in [3.63, 3.8) is 0 Å². The first-order valence-corrected chi connectivity index (χ1v) is 39.2. The van der Waals surface area contributed by atoms with Crippen molar-refractivity contribution in [1.29, 1.82) is 0 Å². The normalized spacial score (nSPS) is 11.4. The van der Waals surface area contributed by atoms with Gasteiger partial charge in [-0.1, -0.05) is 328 Å². The minimum Gasteiger partial charge on any atom is -0.456 e. The molecule has 9 nitrogen and oxygen atoms in total. The topological polar surface area (TPSA) is 117 Å². The van der Waals surface area contributed by atoms with Gasteiger partial charge in [-0.25, -0.2) is 29.9 Å². The van der Waals surface area contributed by atoms with E-state index in [-0.39, 0.29) is 0 Å². The highest BCUT2D eigenvalue weighted by atomic mass is 16.3. The number of hydrogen-bond donors (Lipinski definition) is 0. The van der Waals surface area contributed by atoms with E-state index in [1.165, 1.54) is 11.1 Å². The highest BCUT2D eigenvalue weighted by Gasteiger charge is 2.21. The smallest absolute Gasteiger partial charge is 0.135 e. The Morgan fingerprint density at radius 3 is 0.735 bits per heavy atom. The molecule has 117 heavy (non-hydrogen) atoms. The Hall–Kier alpha value is -15.8. The van der Waals surface area contributed by atoms with Crippen molar-refractivity contribution in [2.45, 2.75) is 0 Å². The van der Waals surface area contributed by atoms with Crippen LogP contribution >= 0.6 is 0 Å². The Morgan fingerprint density at radius 1 is 0.137 bits per heavy atom. The van der Waals surface area contributed by atoms with E-state index >= 15 is 0 Å². The zero-order chi connectivity index (χ0) is 77.5. The lowest BCUT2D eigenvalue weighted by molar-refractivity contribution is 0.668. The first-order chi connectivity index (χ1) is 57.9. The molecule has 17 aromatic carbocycles. The van der Waals surface area contributed by atoms with Crippen LogP contribution in [0.5, 0.6) is 0 Å². The van der Waals surface area contributed by atoms with Gasteiger partial charge < -0.3 is 13.3 Å². The van der Waals surface area contributed by atoms with Crippen LogP contribution in [0.3, 0.4) is 0 Å². The summed E-state index contributed by atoms with van der Waals surface area (Å²) in [7, 11) is 0. The molecule has 9 heteroatoms. The standard InChI is InChI=1S/2C38H24N2O.C32H20N2O/c1-3-10-27(11-4-1)36-37(28-12-5-2-6-13-28)40-38-30(15-9-16-33(38)39-36)26-20-18-25(19-21-26)29-22-23-35-32(24-29)31-14-7-8-17-34(31)41-35;1-3-9-27(10-4-1)37-38(28-11-5-2-6-12-28)40-34-24-30(19-21-33(34)39-37)26-17-15-25(16-18-26)29-20-22-36-32(23-29)31-13-7-8-14-35(31)41-36;1-3-9-21(10-4-1)31-32(22-11-5-2-6-12-22)34-28-20-24(15-17-27(28)33-31)23-16-18-30-26(19-23)25-13-7-8-14-29(25)35-30/h2*1-24H;1-20H. The average molecular weight is 1500 g/mol. The van der Waals surface area contributed by atoms with Gasteiger partial charge in [-0.05, 0) is 135 Å². The maximum absolute atomic E-state index is 6.03. The molecule has 0 atom stereocenters. The van der Waals surface area contributed by atoms with Gasteiger partial charge in [0.1, 0.15) is 33.5 Å². The summed E-state index contributed by atoms with van der Waals surface area (Å²) >= 11 is 0. The molecule has 0 fully saturated rings. The number of benzene rings is 17. The molecule has 0 radical (unpaired) electrons. The molecular formula is C108H68N6O3. The quantitative estimate of drug-likeness (QED) is 0.125. The van der Waals surface area contributed by atoms with Crippen LogP contribution in [0.1, 0.15) is 0 Å². The first kappa shape index (κ1) is 69.1. The van der Waals surface area contributed by atoms with Crippen molar-refractivity contribution < 1.29 is 13.3 Å². The van der Waals surface area contributed by atoms with Crippen molar-refractivity contribution in [3.05, 3.63) is 413 Å². The number of nitrogens with zero attached hydrogens (tertiary/aromatic N) is 6. The number of rotatable bonds is 11. The minimum atomic E-state index is 0.873. The third kappa shape index (κ3) is 13.4. The molecule has 0 N–H and O–H groups in total. The van der Waals surface area contributed by atoms with E-state index in [4.69, 9.17) is 43.2 Å². The largest absolute Gasteiger partial charge is 0.456 e. The molecule has 23 aromatic rings. The molecule has 0 aliphatic heterocycles. The van der Waals surface area contributed by atoms with Crippen LogP contribution in [0, 0.1) is 0 Å². The predicted molar refractivity (Wildman–Crippen MR) is 480 cm³/mol. The SMILES string of the molecule is c1ccc(-c2nc3ccc(-c4ccc(-c5ccc6oc7ccccc7c6c5)cc4)cc3nc2-c2ccccc2)cc1.c1ccc(-c2nc3ccc(-c4ccc5oc6ccccc6c5c4)cc3nc2-c2ccccc2)cc1.c1ccc(-c2nc3cccc(-c4ccc(-c5ccc6oc7ccccc7c6c5)cc4)c3nc2-c2ccccc2)cc1. The van der Waals surface area contributed by atoms with Crippen molar-refractivity contribution >= 4 is 98.9 Å². The maximum Gasteiger partial charge on any atom is 0.135 e. The summed E-state index contributed by atoms with van der Waals surface area (Å²) in [6, 6.07) is 142. The third-order valence-electron chi connectivity index (χ3n) is 21.9. The fourth-order valence-corrected chi connectivity index (χ4v) is 16.0.